The molecule has 1 aromatic carbocycles. The number of benzene rings is 1. The predicted molar refractivity (Wildman–Crippen MR) is 124 cm³/mol. The molecule has 0 saturated carbocycles. The topological polar surface area (TPSA) is 116 Å². The van der Waals surface area contributed by atoms with Crippen LogP contribution in [0.4, 0.5) is 4.79 Å². The standard InChI is InChI=1S/C22H25N3O6S2/c1-4-30-17(26)10-14-11-32-22(23-14)33-12-16-18(20(27)31-5-2)19(25-21(28)24-16)13-6-8-15(29-3)9-7-13/h6-9,11,19H,4-5,10,12H2,1-3H3,(H2,24,25,28)/t19-/m1/s1. The third kappa shape index (κ3) is 6.48. The molecule has 2 amide bonds. The molecule has 1 aliphatic heterocycles. The Morgan fingerprint density at radius 3 is 2.55 bits per heavy atom. The van der Waals surface area contributed by atoms with Gasteiger partial charge in [-0.2, -0.15) is 0 Å². The van der Waals surface area contributed by atoms with Gasteiger partial charge in [0.1, 0.15) is 5.75 Å². The van der Waals surface area contributed by atoms with Crippen LogP contribution in [-0.2, 0) is 25.5 Å². The van der Waals surface area contributed by atoms with E-state index < -0.39 is 18.0 Å². The quantitative estimate of drug-likeness (QED) is 0.385. The lowest BCUT2D eigenvalue weighted by Gasteiger charge is -2.29. The summed E-state index contributed by atoms with van der Waals surface area (Å²) in [5.74, 6) is 0.114. The molecule has 0 aliphatic carbocycles. The van der Waals surface area contributed by atoms with Crippen molar-refractivity contribution < 1.29 is 28.6 Å². The lowest BCUT2D eigenvalue weighted by atomic mass is 9.95. The Morgan fingerprint density at radius 2 is 1.88 bits per heavy atom. The highest BCUT2D eigenvalue weighted by molar-refractivity contribution is 8.01. The van der Waals surface area contributed by atoms with Gasteiger partial charge in [0.15, 0.2) is 4.34 Å². The lowest BCUT2D eigenvalue weighted by Crippen LogP contribution is -2.46. The van der Waals surface area contributed by atoms with Crippen LogP contribution in [0, 0.1) is 0 Å². The number of thiazole rings is 1. The zero-order valence-corrected chi connectivity index (χ0v) is 20.1. The highest BCUT2D eigenvalue weighted by atomic mass is 32.2. The molecule has 2 aromatic rings. The zero-order chi connectivity index (χ0) is 23.8. The number of amides is 2. The summed E-state index contributed by atoms with van der Waals surface area (Å²) in [6.45, 7) is 4.00. The predicted octanol–water partition coefficient (Wildman–Crippen LogP) is 3.22. The number of nitrogens with one attached hydrogen (secondary N) is 2. The first-order valence-electron chi connectivity index (χ1n) is 10.3. The summed E-state index contributed by atoms with van der Waals surface area (Å²) in [5.41, 5.74) is 2.12. The van der Waals surface area contributed by atoms with Gasteiger partial charge in [0, 0.05) is 16.8 Å². The Bertz CT molecular complexity index is 1040. The van der Waals surface area contributed by atoms with Gasteiger partial charge in [0.25, 0.3) is 0 Å². The lowest BCUT2D eigenvalue weighted by molar-refractivity contribution is -0.142. The van der Waals surface area contributed by atoms with Crippen LogP contribution in [0.5, 0.6) is 5.75 Å². The number of urea groups is 1. The molecule has 2 heterocycles. The second kappa shape index (κ2) is 11.7. The van der Waals surface area contributed by atoms with Crippen molar-refractivity contribution >= 4 is 41.1 Å². The van der Waals surface area contributed by atoms with E-state index in [9.17, 15) is 14.4 Å². The molecular formula is C22H25N3O6S2. The average molecular weight is 492 g/mol. The number of nitrogens with zero attached hydrogens (tertiary/aromatic N) is 1. The Hall–Kier alpha value is -3.05. The third-order valence-corrected chi connectivity index (χ3v) is 6.70. The minimum absolute atomic E-state index is 0.0991. The van der Waals surface area contributed by atoms with Crippen LogP contribution in [-0.4, -0.2) is 49.0 Å². The van der Waals surface area contributed by atoms with Gasteiger partial charge in [-0.3, -0.25) is 4.79 Å². The van der Waals surface area contributed by atoms with E-state index in [1.807, 2.05) is 0 Å². The fraction of sp³-hybridized carbons (Fsp3) is 0.364. The molecule has 1 aliphatic rings. The maximum absolute atomic E-state index is 12.9. The van der Waals surface area contributed by atoms with Crippen molar-refractivity contribution in [1.29, 1.82) is 0 Å². The van der Waals surface area contributed by atoms with Gasteiger partial charge in [-0.25, -0.2) is 14.6 Å². The maximum atomic E-state index is 12.9. The largest absolute Gasteiger partial charge is 0.497 e. The van der Waals surface area contributed by atoms with Crippen molar-refractivity contribution in [2.75, 3.05) is 26.1 Å². The molecule has 0 saturated heterocycles. The molecule has 1 atom stereocenters. The van der Waals surface area contributed by atoms with Gasteiger partial charge in [-0.1, -0.05) is 23.9 Å². The van der Waals surface area contributed by atoms with Crippen LogP contribution < -0.4 is 15.4 Å². The number of methoxy groups -OCH3 is 1. The SMILES string of the molecule is CCOC(=O)Cc1csc(SCC2=C(C(=O)OCC)[C@@H](c3ccc(OC)cc3)NC(=O)N2)n1. The van der Waals surface area contributed by atoms with Crippen LogP contribution in [0.1, 0.15) is 31.1 Å². The summed E-state index contributed by atoms with van der Waals surface area (Å²) in [6, 6.07) is 6.03. The van der Waals surface area contributed by atoms with E-state index in [4.69, 9.17) is 14.2 Å². The number of thioether (sulfide) groups is 1. The van der Waals surface area contributed by atoms with Crippen molar-refractivity contribution in [3.8, 4) is 5.75 Å². The molecule has 0 bridgehead atoms. The Balaban J connectivity index is 1.84. The second-order valence-electron chi connectivity index (χ2n) is 6.79. The molecule has 9 nitrogen and oxygen atoms in total. The van der Waals surface area contributed by atoms with Gasteiger partial charge in [0.2, 0.25) is 0 Å². The summed E-state index contributed by atoms with van der Waals surface area (Å²) in [4.78, 5) is 41.4. The van der Waals surface area contributed by atoms with Crippen molar-refractivity contribution in [3.63, 3.8) is 0 Å². The first-order chi connectivity index (χ1) is 15.9. The average Bonchev–Trinajstić information content (AvgIpc) is 3.24. The van der Waals surface area contributed by atoms with Crippen LogP contribution in [0.2, 0.25) is 0 Å². The fourth-order valence-electron chi connectivity index (χ4n) is 3.16. The number of hydrogen-bond acceptors (Lipinski definition) is 9. The monoisotopic (exact) mass is 491 g/mol. The minimum Gasteiger partial charge on any atom is -0.497 e. The third-order valence-electron chi connectivity index (χ3n) is 4.60. The number of carbonyl (C=O) groups is 3. The normalized spacial score (nSPS) is 15.5. The molecule has 11 heteroatoms. The van der Waals surface area contributed by atoms with Gasteiger partial charge in [-0.05, 0) is 31.5 Å². The van der Waals surface area contributed by atoms with Crippen LogP contribution >= 0.6 is 23.1 Å². The van der Waals surface area contributed by atoms with Crippen molar-refractivity contribution in [1.82, 2.24) is 15.6 Å². The Kier molecular flexibility index (Phi) is 8.72. The summed E-state index contributed by atoms with van der Waals surface area (Å²) >= 11 is 2.74. The summed E-state index contributed by atoms with van der Waals surface area (Å²) in [5, 5.41) is 7.33. The zero-order valence-electron chi connectivity index (χ0n) is 18.5. The van der Waals surface area contributed by atoms with E-state index in [1.165, 1.54) is 23.1 Å². The molecule has 0 unspecified atom stereocenters. The maximum Gasteiger partial charge on any atom is 0.338 e. The van der Waals surface area contributed by atoms with E-state index in [1.54, 1.807) is 50.6 Å². The number of rotatable bonds is 10. The minimum atomic E-state index is -0.671. The number of esters is 2. The molecular weight excluding hydrogens is 466 g/mol. The summed E-state index contributed by atoms with van der Waals surface area (Å²) in [6.07, 6.45) is 0.0991. The summed E-state index contributed by atoms with van der Waals surface area (Å²) < 4.78 is 16.1. The van der Waals surface area contributed by atoms with E-state index in [-0.39, 0.29) is 19.0 Å². The van der Waals surface area contributed by atoms with Gasteiger partial charge in [-0.15, -0.1) is 11.3 Å². The summed E-state index contributed by atoms with van der Waals surface area (Å²) in [7, 11) is 1.57. The molecule has 0 fully saturated rings. The van der Waals surface area contributed by atoms with E-state index in [2.05, 4.69) is 15.6 Å². The number of ether oxygens (including phenoxy) is 3. The van der Waals surface area contributed by atoms with E-state index in [0.29, 0.717) is 39.4 Å². The van der Waals surface area contributed by atoms with Gasteiger partial charge < -0.3 is 24.8 Å². The number of carbonyl (C=O) groups excluding carboxylic acids is 3. The smallest absolute Gasteiger partial charge is 0.338 e. The van der Waals surface area contributed by atoms with E-state index >= 15 is 0 Å². The van der Waals surface area contributed by atoms with Crippen molar-refractivity contribution in [2.24, 2.45) is 0 Å². The molecule has 2 N–H and O–H groups in total. The second-order valence-corrected chi connectivity index (χ2v) is 8.87. The van der Waals surface area contributed by atoms with E-state index in [0.717, 1.165) is 5.56 Å². The highest BCUT2D eigenvalue weighted by Gasteiger charge is 2.33. The first kappa shape index (κ1) is 24.6. The first-order valence-corrected chi connectivity index (χ1v) is 12.2. The molecule has 33 heavy (non-hydrogen) atoms. The molecule has 0 spiro atoms. The van der Waals surface area contributed by atoms with Crippen LogP contribution in [0.25, 0.3) is 0 Å². The number of hydrogen-bond donors (Lipinski definition) is 2. The Labute approximate surface area is 199 Å². The highest BCUT2D eigenvalue weighted by Crippen LogP contribution is 2.32. The van der Waals surface area contributed by atoms with Crippen LogP contribution in [0.15, 0.2) is 45.3 Å². The van der Waals surface area contributed by atoms with Crippen LogP contribution in [0.3, 0.4) is 0 Å². The Morgan fingerprint density at radius 1 is 1.15 bits per heavy atom. The van der Waals surface area contributed by atoms with Gasteiger partial charge >= 0.3 is 18.0 Å². The molecule has 1 aromatic heterocycles. The number of aromatic nitrogens is 1. The van der Waals surface area contributed by atoms with Crippen molar-refractivity contribution in [2.45, 2.75) is 30.6 Å². The van der Waals surface area contributed by atoms with Crippen molar-refractivity contribution in [3.05, 3.63) is 52.2 Å². The molecule has 176 valence electrons. The molecule has 3 rings (SSSR count). The van der Waals surface area contributed by atoms with Gasteiger partial charge in [0.05, 0.1) is 44.1 Å². The fourth-order valence-corrected chi connectivity index (χ4v) is 4.97. The molecule has 0 radical (unpaired) electrons.